The van der Waals surface area contributed by atoms with Gasteiger partial charge in [-0.2, -0.15) is 10.2 Å². The quantitative estimate of drug-likeness (QED) is 0.244. The van der Waals surface area contributed by atoms with Crippen LogP contribution in [0, 0.1) is 0 Å². The fourth-order valence-corrected chi connectivity index (χ4v) is 5.99. The second-order valence-electron chi connectivity index (χ2n) is 12.8. The van der Waals surface area contributed by atoms with E-state index in [9.17, 15) is 14.4 Å². The van der Waals surface area contributed by atoms with E-state index < -0.39 is 6.04 Å². The molecule has 1 atom stereocenters. The van der Waals surface area contributed by atoms with E-state index in [0.717, 1.165) is 48.7 Å². The molecule has 0 bridgehead atoms. The molecule has 3 amide bonds. The minimum atomic E-state index is -0.630. The predicted octanol–water partition coefficient (Wildman–Crippen LogP) is 3.64. The SMILES string of the molecule is C=C(CN(C)C1COC1)C(=O)N(C)Cc1ccccc1.CCN1C(=O)C(NC(=O)c2ccn(C3CC3)n2)Cc2cnn(-c3ccccc3)c21. The van der Waals surface area contributed by atoms with Crippen molar-refractivity contribution in [1.29, 1.82) is 0 Å². The number of amides is 3. The zero-order valence-electron chi connectivity index (χ0n) is 28.4. The maximum atomic E-state index is 13.1. The molecule has 49 heavy (non-hydrogen) atoms. The van der Waals surface area contributed by atoms with Crippen LogP contribution in [0.15, 0.2) is 91.3 Å². The summed E-state index contributed by atoms with van der Waals surface area (Å²) in [5.74, 6) is 0.318. The number of hydrogen-bond donors (Lipinski definition) is 1. The third-order valence-corrected chi connectivity index (χ3v) is 9.04. The first-order chi connectivity index (χ1) is 23.7. The lowest BCUT2D eigenvalue weighted by Crippen LogP contribution is -2.53. The van der Waals surface area contributed by atoms with Gasteiger partial charge in [-0.25, -0.2) is 4.68 Å². The molecule has 12 nitrogen and oxygen atoms in total. The normalized spacial score (nSPS) is 17.1. The van der Waals surface area contributed by atoms with Crippen LogP contribution in [0.5, 0.6) is 0 Å². The molecule has 1 unspecified atom stereocenters. The van der Waals surface area contributed by atoms with Gasteiger partial charge in [-0.1, -0.05) is 55.1 Å². The van der Waals surface area contributed by atoms with Gasteiger partial charge in [0.1, 0.15) is 17.6 Å². The van der Waals surface area contributed by atoms with Crippen LogP contribution >= 0.6 is 0 Å². The van der Waals surface area contributed by atoms with Gasteiger partial charge in [0.2, 0.25) is 0 Å². The molecular weight excluding hydrogens is 620 g/mol. The van der Waals surface area contributed by atoms with Gasteiger partial charge in [0.15, 0.2) is 0 Å². The second-order valence-corrected chi connectivity index (χ2v) is 12.8. The highest BCUT2D eigenvalue weighted by atomic mass is 16.5. The van der Waals surface area contributed by atoms with E-state index in [1.807, 2.05) is 92.6 Å². The highest BCUT2D eigenvalue weighted by molar-refractivity contribution is 6.03. The van der Waals surface area contributed by atoms with Crippen molar-refractivity contribution in [1.82, 2.24) is 34.7 Å². The summed E-state index contributed by atoms with van der Waals surface area (Å²) in [6.45, 7) is 9.03. The van der Waals surface area contributed by atoms with Gasteiger partial charge >= 0.3 is 0 Å². The maximum absolute atomic E-state index is 13.1. The summed E-state index contributed by atoms with van der Waals surface area (Å²) in [5, 5.41) is 11.7. The molecule has 256 valence electrons. The van der Waals surface area contributed by atoms with Crippen LogP contribution in [-0.4, -0.2) is 99.6 Å². The molecule has 1 saturated heterocycles. The lowest BCUT2D eigenvalue weighted by Gasteiger charge is -2.35. The number of nitrogens with zero attached hydrogens (tertiary/aromatic N) is 7. The van der Waals surface area contributed by atoms with Gasteiger partial charge in [-0.3, -0.25) is 28.9 Å². The first-order valence-electron chi connectivity index (χ1n) is 16.8. The van der Waals surface area contributed by atoms with E-state index in [1.54, 1.807) is 26.7 Å². The topological polar surface area (TPSA) is 118 Å². The number of likely N-dealkylation sites (N-methyl/N-ethyl adjacent to an activating group) is 3. The van der Waals surface area contributed by atoms with Crippen molar-refractivity contribution in [2.75, 3.05) is 45.3 Å². The third kappa shape index (κ3) is 7.82. The summed E-state index contributed by atoms with van der Waals surface area (Å²) in [6.07, 6.45) is 6.22. The number of benzene rings is 2. The van der Waals surface area contributed by atoms with Crippen molar-refractivity contribution in [3.63, 3.8) is 0 Å². The highest BCUT2D eigenvalue weighted by Crippen LogP contribution is 2.34. The minimum Gasteiger partial charge on any atom is -0.378 e. The molecule has 12 heteroatoms. The fraction of sp³-hybridized carbons (Fsp3) is 0.378. The van der Waals surface area contributed by atoms with Crippen LogP contribution in [0.1, 0.15) is 47.4 Å². The van der Waals surface area contributed by atoms with Crippen LogP contribution in [0.3, 0.4) is 0 Å². The molecule has 4 aromatic rings. The largest absolute Gasteiger partial charge is 0.378 e. The minimum absolute atomic E-state index is 0.000875. The average molecular weight is 665 g/mol. The number of aromatic nitrogens is 4. The maximum Gasteiger partial charge on any atom is 0.272 e. The number of ether oxygens (including phenoxy) is 1. The highest BCUT2D eigenvalue weighted by Gasteiger charge is 2.37. The van der Waals surface area contributed by atoms with E-state index >= 15 is 0 Å². The van der Waals surface area contributed by atoms with Crippen LogP contribution in [0.2, 0.25) is 0 Å². The molecule has 0 radical (unpaired) electrons. The van der Waals surface area contributed by atoms with Crippen LogP contribution in [-0.2, 0) is 27.3 Å². The molecule has 2 aromatic carbocycles. The molecule has 1 saturated carbocycles. The standard InChI is InChI=1S/C21H22N6O2.C16H22N2O2/c1-2-25-20-14(13-22-27(20)16-6-4-3-5-7-16)12-18(21(25)29)23-19(28)17-10-11-26(24-17)15-8-9-15;1-13(9-17(2)15-11-20-12-15)16(19)18(3)10-14-7-5-4-6-8-14/h3-7,10-11,13,15,18H,2,8-9,12H2,1H3,(H,23,28);4-8,15H,1,9-12H2,2-3H3. The average Bonchev–Trinajstić information content (AvgIpc) is 3.66. The number of nitrogens with one attached hydrogen (secondary N) is 1. The van der Waals surface area contributed by atoms with Crippen molar-refractivity contribution in [3.8, 4) is 5.69 Å². The van der Waals surface area contributed by atoms with Gasteiger partial charge in [-0.05, 0) is 50.6 Å². The van der Waals surface area contributed by atoms with Gasteiger partial charge in [0, 0.05) is 50.4 Å². The molecule has 7 rings (SSSR count). The number of carbonyl (C=O) groups is 3. The third-order valence-electron chi connectivity index (χ3n) is 9.04. The summed E-state index contributed by atoms with van der Waals surface area (Å²) in [4.78, 5) is 43.6. The number of hydrogen-bond acceptors (Lipinski definition) is 7. The van der Waals surface area contributed by atoms with E-state index in [1.165, 1.54) is 0 Å². The molecule has 2 aromatic heterocycles. The van der Waals surface area contributed by atoms with Crippen LogP contribution in [0.4, 0.5) is 5.82 Å². The molecular formula is C37H44N8O4. The molecule has 1 aliphatic carbocycles. The zero-order chi connectivity index (χ0) is 34.5. The molecule has 0 spiro atoms. The lowest BCUT2D eigenvalue weighted by molar-refractivity contribution is -0.127. The Morgan fingerprint density at radius 3 is 2.35 bits per heavy atom. The Hall–Kier alpha value is -5.07. The second kappa shape index (κ2) is 15.0. The van der Waals surface area contributed by atoms with Crippen molar-refractivity contribution < 1.29 is 19.1 Å². The molecule has 1 N–H and O–H groups in total. The van der Waals surface area contributed by atoms with Gasteiger partial charge < -0.3 is 15.0 Å². The Bertz CT molecular complexity index is 1780. The monoisotopic (exact) mass is 664 g/mol. The predicted molar refractivity (Wildman–Crippen MR) is 186 cm³/mol. The van der Waals surface area contributed by atoms with Gasteiger partial charge in [-0.15, -0.1) is 0 Å². The summed E-state index contributed by atoms with van der Waals surface area (Å²) in [7, 11) is 3.82. The van der Waals surface area contributed by atoms with Crippen LogP contribution < -0.4 is 10.2 Å². The van der Waals surface area contributed by atoms with Crippen molar-refractivity contribution in [2.45, 2.75) is 50.9 Å². The first kappa shape index (κ1) is 33.8. The van der Waals surface area contributed by atoms with E-state index in [-0.39, 0.29) is 17.7 Å². The van der Waals surface area contributed by atoms with Crippen molar-refractivity contribution in [2.24, 2.45) is 0 Å². The summed E-state index contributed by atoms with van der Waals surface area (Å²) in [5.41, 5.74) is 3.92. The Morgan fingerprint density at radius 2 is 1.71 bits per heavy atom. The number of fused-ring (bicyclic) bond motifs is 1. The van der Waals surface area contributed by atoms with Crippen molar-refractivity contribution in [3.05, 3.63) is 108 Å². The van der Waals surface area contributed by atoms with Crippen LogP contribution in [0.25, 0.3) is 5.69 Å². The summed E-state index contributed by atoms with van der Waals surface area (Å²) in [6, 6.07) is 21.6. The number of carbonyl (C=O) groups excluding carboxylic acids is 3. The smallest absolute Gasteiger partial charge is 0.272 e. The van der Waals surface area contributed by atoms with E-state index in [0.29, 0.717) is 49.4 Å². The first-order valence-corrected chi connectivity index (χ1v) is 16.8. The molecule has 2 aliphatic heterocycles. The van der Waals surface area contributed by atoms with Gasteiger partial charge in [0.05, 0.1) is 37.2 Å². The van der Waals surface area contributed by atoms with E-state index in [4.69, 9.17) is 4.74 Å². The van der Waals surface area contributed by atoms with E-state index in [2.05, 4.69) is 27.0 Å². The Kier molecular flexibility index (Phi) is 10.4. The fourth-order valence-electron chi connectivity index (χ4n) is 5.99. The number of anilines is 1. The van der Waals surface area contributed by atoms with Gasteiger partial charge in [0.25, 0.3) is 17.7 Å². The summed E-state index contributed by atoms with van der Waals surface area (Å²) < 4.78 is 8.77. The number of para-hydroxylation sites is 1. The zero-order valence-corrected chi connectivity index (χ0v) is 28.4. The molecule has 4 heterocycles. The Morgan fingerprint density at radius 1 is 1.02 bits per heavy atom. The van der Waals surface area contributed by atoms with Crippen molar-refractivity contribution >= 4 is 23.5 Å². The Labute approximate surface area is 286 Å². The molecule has 3 aliphatic rings. The molecule has 2 fully saturated rings. The lowest BCUT2D eigenvalue weighted by atomic mass is 10.0. The Balaban J connectivity index is 0.000000183. The summed E-state index contributed by atoms with van der Waals surface area (Å²) >= 11 is 0. The number of rotatable bonds is 11.